The fourth-order valence-electron chi connectivity index (χ4n) is 4.50. The predicted octanol–water partition coefficient (Wildman–Crippen LogP) is 5.28. The highest BCUT2D eigenvalue weighted by atomic mass is 32.2. The minimum Gasteiger partial charge on any atom is -0.388 e. The Balaban J connectivity index is 1.47. The lowest BCUT2D eigenvalue weighted by atomic mass is 10.1. The first-order valence-corrected chi connectivity index (χ1v) is 14.6. The van der Waals surface area contributed by atoms with Crippen molar-refractivity contribution in [3.05, 3.63) is 89.6 Å². The zero-order valence-corrected chi connectivity index (χ0v) is 23.2. The van der Waals surface area contributed by atoms with Gasteiger partial charge in [-0.3, -0.25) is 0 Å². The number of imidazole rings is 1. The van der Waals surface area contributed by atoms with Gasteiger partial charge in [0.15, 0.2) is 9.84 Å². The molecule has 0 amide bonds. The molecule has 0 aliphatic rings. The summed E-state index contributed by atoms with van der Waals surface area (Å²) in [5.74, 6) is 1.13. The molecule has 200 valence electrons. The molecule has 2 heterocycles. The van der Waals surface area contributed by atoms with Crippen LogP contribution in [-0.2, 0) is 29.2 Å². The molecular weight excluding hydrogens is 510 g/mol. The second-order valence-corrected chi connectivity index (χ2v) is 11.7. The monoisotopic (exact) mass is 541 g/mol. The van der Waals surface area contributed by atoms with E-state index in [0.717, 1.165) is 28.2 Å². The Morgan fingerprint density at radius 3 is 2.49 bits per heavy atom. The molecule has 39 heavy (non-hydrogen) atoms. The molecule has 0 saturated heterocycles. The Morgan fingerprint density at radius 1 is 0.949 bits per heavy atom. The molecule has 0 fully saturated rings. The van der Waals surface area contributed by atoms with E-state index in [-0.39, 0.29) is 5.75 Å². The zero-order valence-electron chi connectivity index (χ0n) is 22.4. The van der Waals surface area contributed by atoms with Gasteiger partial charge in [-0.2, -0.15) is 0 Å². The Morgan fingerprint density at radius 2 is 1.74 bits per heavy atom. The number of sulfone groups is 1. The summed E-state index contributed by atoms with van der Waals surface area (Å²) >= 11 is 0. The number of benzene rings is 3. The van der Waals surface area contributed by atoms with E-state index >= 15 is 0 Å². The van der Waals surface area contributed by atoms with Crippen LogP contribution in [0.2, 0.25) is 0 Å². The lowest BCUT2D eigenvalue weighted by Crippen LogP contribution is -2.04. The molecule has 5 aromatic rings. The molecule has 0 aliphatic carbocycles. The Labute approximate surface area is 228 Å². The van der Waals surface area contributed by atoms with Gasteiger partial charge in [-0.15, -0.1) is 0 Å². The number of anilines is 4. The summed E-state index contributed by atoms with van der Waals surface area (Å²) in [7, 11) is 0.723. The summed E-state index contributed by atoms with van der Waals surface area (Å²) in [5, 5.41) is 9.94. The van der Waals surface area contributed by atoms with Crippen LogP contribution in [0.3, 0.4) is 0 Å². The fraction of sp³-hybridized carbons (Fsp3) is 0.207. The van der Waals surface area contributed by atoms with E-state index in [1.54, 1.807) is 18.3 Å². The average molecular weight is 542 g/mol. The number of nitrogens with one attached hydrogen (secondary N) is 3. The number of fused-ring (bicyclic) bond motifs is 1. The van der Waals surface area contributed by atoms with Gasteiger partial charge in [0.1, 0.15) is 5.52 Å². The summed E-state index contributed by atoms with van der Waals surface area (Å²) in [4.78, 5) is 14.1. The van der Waals surface area contributed by atoms with E-state index in [4.69, 9.17) is 9.97 Å². The molecule has 0 radical (unpaired) electrons. The summed E-state index contributed by atoms with van der Waals surface area (Å²) in [6.07, 6.45) is 2.92. The Hall–Kier alpha value is -4.44. The largest absolute Gasteiger partial charge is 0.388 e. The van der Waals surface area contributed by atoms with Crippen molar-refractivity contribution in [2.75, 3.05) is 29.3 Å². The van der Waals surface area contributed by atoms with E-state index in [1.807, 2.05) is 49.0 Å². The van der Waals surface area contributed by atoms with Crippen LogP contribution in [0.4, 0.5) is 23.3 Å². The van der Waals surface area contributed by atoms with E-state index in [1.165, 1.54) is 17.4 Å². The van der Waals surface area contributed by atoms with Gasteiger partial charge in [-0.05, 0) is 48.4 Å². The van der Waals surface area contributed by atoms with Crippen LogP contribution in [0.5, 0.6) is 0 Å². The maximum Gasteiger partial charge on any atom is 0.227 e. The standard InChI is InChI=1S/C29H31N7O2S/c1-19-8-10-20(11-9-19)17-32-29-35-27-25(36(29)3)13-12-23(30-2)26(27)24-14-15-31-28(34-24)33-22-7-5-6-21(16-22)18-39(4,37)38/h5-16,30H,17-18H2,1-4H3,(H,32,35)(H,31,33,34). The molecule has 0 unspecified atom stereocenters. The fourth-order valence-corrected chi connectivity index (χ4v) is 5.29. The second-order valence-electron chi connectivity index (χ2n) is 9.60. The molecule has 2 aromatic heterocycles. The number of hydrogen-bond donors (Lipinski definition) is 3. The molecule has 0 atom stereocenters. The first kappa shape index (κ1) is 26.2. The van der Waals surface area contributed by atoms with Crippen molar-refractivity contribution in [1.82, 2.24) is 19.5 Å². The van der Waals surface area contributed by atoms with Gasteiger partial charge in [-0.25, -0.2) is 23.4 Å². The molecule has 0 saturated carbocycles. The van der Waals surface area contributed by atoms with Gasteiger partial charge in [0.25, 0.3) is 0 Å². The smallest absolute Gasteiger partial charge is 0.227 e. The van der Waals surface area contributed by atoms with Crippen LogP contribution in [-0.4, -0.2) is 41.2 Å². The van der Waals surface area contributed by atoms with Crippen molar-refractivity contribution < 1.29 is 8.42 Å². The van der Waals surface area contributed by atoms with Crippen molar-refractivity contribution in [3.63, 3.8) is 0 Å². The van der Waals surface area contributed by atoms with Crippen molar-refractivity contribution in [3.8, 4) is 11.3 Å². The predicted molar refractivity (Wildman–Crippen MR) is 158 cm³/mol. The van der Waals surface area contributed by atoms with Crippen LogP contribution in [0.1, 0.15) is 16.7 Å². The van der Waals surface area contributed by atoms with Gasteiger partial charge in [-0.1, -0.05) is 42.0 Å². The van der Waals surface area contributed by atoms with Crippen LogP contribution in [0.15, 0.2) is 72.9 Å². The lowest BCUT2D eigenvalue weighted by Gasteiger charge is -2.12. The topological polar surface area (TPSA) is 114 Å². The molecular formula is C29H31N7O2S. The first-order valence-electron chi connectivity index (χ1n) is 12.5. The minimum absolute atomic E-state index is 0.0309. The van der Waals surface area contributed by atoms with Gasteiger partial charge >= 0.3 is 0 Å². The van der Waals surface area contributed by atoms with Crippen molar-refractivity contribution >= 4 is 44.1 Å². The van der Waals surface area contributed by atoms with Crippen molar-refractivity contribution in [1.29, 1.82) is 0 Å². The van der Waals surface area contributed by atoms with Gasteiger partial charge in [0.2, 0.25) is 11.9 Å². The summed E-state index contributed by atoms with van der Waals surface area (Å²) < 4.78 is 25.5. The third kappa shape index (κ3) is 6.01. The molecule has 3 N–H and O–H groups in total. The molecule has 0 bridgehead atoms. The molecule has 0 aliphatic heterocycles. The van der Waals surface area contributed by atoms with E-state index in [2.05, 4.69) is 52.1 Å². The van der Waals surface area contributed by atoms with Crippen molar-refractivity contribution in [2.45, 2.75) is 19.2 Å². The summed E-state index contributed by atoms with van der Waals surface area (Å²) in [6, 6.07) is 21.6. The number of nitrogens with zero attached hydrogens (tertiary/aromatic N) is 4. The van der Waals surface area contributed by atoms with E-state index in [0.29, 0.717) is 29.4 Å². The number of hydrogen-bond acceptors (Lipinski definition) is 8. The third-order valence-corrected chi connectivity index (χ3v) is 7.28. The Bertz CT molecular complexity index is 1750. The number of rotatable bonds is 9. The van der Waals surface area contributed by atoms with Gasteiger partial charge in [0, 0.05) is 44.5 Å². The molecule has 3 aromatic carbocycles. The van der Waals surface area contributed by atoms with Gasteiger partial charge in [0.05, 0.1) is 22.5 Å². The quantitative estimate of drug-likeness (QED) is 0.231. The summed E-state index contributed by atoms with van der Waals surface area (Å²) in [6.45, 7) is 2.74. The lowest BCUT2D eigenvalue weighted by molar-refractivity contribution is 0.601. The molecule has 0 spiro atoms. The first-order chi connectivity index (χ1) is 18.7. The van der Waals surface area contributed by atoms with Gasteiger partial charge < -0.3 is 20.5 Å². The maximum atomic E-state index is 11.7. The number of aromatic nitrogens is 4. The van der Waals surface area contributed by atoms with Crippen LogP contribution in [0, 0.1) is 6.92 Å². The van der Waals surface area contributed by atoms with Crippen LogP contribution in [0.25, 0.3) is 22.3 Å². The zero-order chi connectivity index (χ0) is 27.6. The van der Waals surface area contributed by atoms with Crippen LogP contribution < -0.4 is 16.0 Å². The van der Waals surface area contributed by atoms with E-state index < -0.39 is 9.84 Å². The Kier molecular flexibility index (Phi) is 7.21. The second kappa shape index (κ2) is 10.7. The highest BCUT2D eigenvalue weighted by Crippen LogP contribution is 2.35. The molecule has 5 rings (SSSR count). The normalized spacial score (nSPS) is 11.5. The summed E-state index contributed by atoms with van der Waals surface area (Å²) in [5.41, 5.74) is 8.06. The van der Waals surface area contributed by atoms with Crippen LogP contribution >= 0.6 is 0 Å². The highest BCUT2D eigenvalue weighted by molar-refractivity contribution is 7.89. The average Bonchev–Trinajstić information content (AvgIpc) is 3.22. The van der Waals surface area contributed by atoms with E-state index in [9.17, 15) is 8.42 Å². The maximum absolute atomic E-state index is 11.7. The molecule has 9 nitrogen and oxygen atoms in total. The molecule has 10 heteroatoms. The SMILES string of the molecule is CNc1ccc2c(nc(NCc3ccc(C)cc3)n2C)c1-c1ccnc(Nc2cccc(CS(C)(=O)=O)c2)n1. The highest BCUT2D eigenvalue weighted by Gasteiger charge is 2.18. The van der Waals surface area contributed by atoms with Crippen molar-refractivity contribution in [2.24, 2.45) is 7.05 Å². The number of aryl methyl sites for hydroxylation is 2. The minimum atomic E-state index is -3.14. The third-order valence-electron chi connectivity index (χ3n) is 6.42.